The zero-order valence-electron chi connectivity index (χ0n) is 16.8. The number of amides is 3. The highest BCUT2D eigenvalue weighted by molar-refractivity contribution is 7.13. The number of carbonyl (C=O) groups excluding carboxylic acids is 2. The van der Waals surface area contributed by atoms with Gasteiger partial charge in [0.2, 0.25) is 18.6 Å². The molecule has 1 aromatic carbocycles. The molecular formula is C20H21N5O5S. The number of carbonyl (C=O) groups is 2. The molecule has 162 valence electrons. The van der Waals surface area contributed by atoms with E-state index in [1.54, 1.807) is 18.2 Å². The number of urea groups is 1. The Morgan fingerprint density at radius 2 is 2.06 bits per heavy atom. The van der Waals surface area contributed by atoms with Gasteiger partial charge in [-0.3, -0.25) is 15.0 Å². The number of hydrogen-bond acceptors (Lipinski definition) is 9. The lowest BCUT2D eigenvalue weighted by atomic mass is 10.3. The number of hydrogen-bond donors (Lipinski definition) is 2. The summed E-state index contributed by atoms with van der Waals surface area (Å²) >= 11 is 1.51. The van der Waals surface area contributed by atoms with Gasteiger partial charge in [0.15, 0.2) is 11.5 Å². The molecule has 3 amide bonds. The molecule has 0 unspecified atom stereocenters. The third-order valence-corrected chi connectivity index (χ3v) is 5.21. The molecule has 0 fully saturated rings. The summed E-state index contributed by atoms with van der Waals surface area (Å²) in [6.07, 6.45) is 0.822. The highest BCUT2D eigenvalue weighted by atomic mass is 32.1. The zero-order chi connectivity index (χ0) is 21.6. The Balaban J connectivity index is 1.30. The number of imide groups is 1. The fourth-order valence-electron chi connectivity index (χ4n) is 3.04. The predicted octanol–water partition coefficient (Wildman–Crippen LogP) is 3.09. The molecule has 0 saturated heterocycles. The molecule has 4 rings (SSSR count). The van der Waals surface area contributed by atoms with Gasteiger partial charge in [-0.25, -0.2) is 4.79 Å². The predicted molar refractivity (Wildman–Crippen MR) is 113 cm³/mol. The van der Waals surface area contributed by atoms with Crippen molar-refractivity contribution in [2.24, 2.45) is 0 Å². The Labute approximate surface area is 182 Å². The first-order valence-electron chi connectivity index (χ1n) is 9.70. The van der Waals surface area contributed by atoms with Crippen LogP contribution < -0.4 is 20.1 Å². The average molecular weight is 443 g/mol. The molecule has 3 aromatic rings. The van der Waals surface area contributed by atoms with Crippen LogP contribution in [0.5, 0.6) is 11.5 Å². The summed E-state index contributed by atoms with van der Waals surface area (Å²) in [5.41, 5.74) is 0.493. The Morgan fingerprint density at radius 3 is 2.87 bits per heavy atom. The number of fused-ring (bicyclic) bond motifs is 1. The maximum atomic E-state index is 12.4. The molecule has 2 N–H and O–H groups in total. The summed E-state index contributed by atoms with van der Waals surface area (Å²) < 4.78 is 16.2. The third-order valence-electron chi connectivity index (χ3n) is 4.35. The van der Waals surface area contributed by atoms with Crippen LogP contribution in [0.25, 0.3) is 10.8 Å². The van der Waals surface area contributed by atoms with E-state index in [0.29, 0.717) is 42.1 Å². The van der Waals surface area contributed by atoms with Gasteiger partial charge in [-0.2, -0.15) is 0 Å². The first-order chi connectivity index (χ1) is 15.1. The number of thiophene rings is 1. The van der Waals surface area contributed by atoms with Crippen LogP contribution >= 0.6 is 11.3 Å². The molecule has 10 nitrogen and oxygen atoms in total. The highest BCUT2D eigenvalue weighted by Crippen LogP contribution is 2.34. The average Bonchev–Trinajstić information content (AvgIpc) is 3.49. The summed E-state index contributed by atoms with van der Waals surface area (Å²) in [6, 6.07) is 8.18. The van der Waals surface area contributed by atoms with Gasteiger partial charge in [0.05, 0.1) is 18.0 Å². The summed E-state index contributed by atoms with van der Waals surface area (Å²) in [5, 5.41) is 15.0. The van der Waals surface area contributed by atoms with Crippen molar-refractivity contribution in [3.05, 3.63) is 41.6 Å². The first-order valence-corrected chi connectivity index (χ1v) is 10.6. The van der Waals surface area contributed by atoms with Gasteiger partial charge in [0, 0.05) is 11.8 Å². The molecule has 11 heteroatoms. The second-order valence-corrected chi connectivity index (χ2v) is 7.71. The lowest BCUT2D eigenvalue weighted by molar-refractivity contribution is -0.121. The Kier molecular flexibility index (Phi) is 6.43. The summed E-state index contributed by atoms with van der Waals surface area (Å²) in [6.45, 7) is 3.10. The molecule has 0 bridgehead atoms. The number of benzene rings is 1. The van der Waals surface area contributed by atoms with Crippen LogP contribution in [0.15, 0.2) is 40.1 Å². The van der Waals surface area contributed by atoms with Crippen molar-refractivity contribution in [3.8, 4) is 22.3 Å². The number of anilines is 1. The van der Waals surface area contributed by atoms with Crippen LogP contribution in [-0.4, -0.2) is 46.9 Å². The van der Waals surface area contributed by atoms with Crippen LogP contribution in [0.3, 0.4) is 0 Å². The van der Waals surface area contributed by atoms with Crippen molar-refractivity contribution >= 4 is 29.0 Å². The van der Waals surface area contributed by atoms with Gasteiger partial charge in [-0.1, -0.05) is 13.0 Å². The minimum Gasteiger partial charge on any atom is -0.454 e. The van der Waals surface area contributed by atoms with E-state index in [0.717, 1.165) is 11.3 Å². The fraction of sp³-hybridized carbons (Fsp3) is 0.300. The van der Waals surface area contributed by atoms with Crippen molar-refractivity contribution in [3.63, 3.8) is 0 Å². The van der Waals surface area contributed by atoms with Gasteiger partial charge in [0.25, 0.3) is 5.89 Å². The maximum absolute atomic E-state index is 12.4. The molecule has 31 heavy (non-hydrogen) atoms. The molecule has 2 aromatic heterocycles. The SMILES string of the molecule is CCCN(CC(=O)NC(=O)Nc1ccc2c(c1)OCO2)Cc1nnc(-c2cccs2)o1. The van der Waals surface area contributed by atoms with Crippen LogP contribution in [0.4, 0.5) is 10.5 Å². The number of ether oxygens (including phenoxy) is 2. The Bertz CT molecular complexity index is 1050. The van der Waals surface area contributed by atoms with Crippen molar-refractivity contribution in [2.45, 2.75) is 19.9 Å². The summed E-state index contributed by atoms with van der Waals surface area (Å²) in [4.78, 5) is 27.3. The maximum Gasteiger partial charge on any atom is 0.325 e. The number of nitrogens with one attached hydrogen (secondary N) is 2. The van der Waals surface area contributed by atoms with Crippen LogP contribution in [0.2, 0.25) is 0 Å². The van der Waals surface area contributed by atoms with E-state index >= 15 is 0 Å². The van der Waals surface area contributed by atoms with Gasteiger partial charge >= 0.3 is 6.03 Å². The molecule has 0 saturated carbocycles. The third kappa shape index (κ3) is 5.38. The van der Waals surface area contributed by atoms with Crippen LogP contribution in [0, 0.1) is 0 Å². The fourth-order valence-corrected chi connectivity index (χ4v) is 3.69. The van der Waals surface area contributed by atoms with E-state index in [9.17, 15) is 9.59 Å². The summed E-state index contributed by atoms with van der Waals surface area (Å²) in [5.74, 6) is 1.58. The molecule has 0 spiro atoms. The lowest BCUT2D eigenvalue weighted by Crippen LogP contribution is -2.41. The van der Waals surface area contributed by atoms with Crippen LogP contribution in [0.1, 0.15) is 19.2 Å². The second-order valence-electron chi connectivity index (χ2n) is 6.76. The van der Waals surface area contributed by atoms with E-state index in [4.69, 9.17) is 13.9 Å². The van der Waals surface area contributed by atoms with Gasteiger partial charge < -0.3 is 19.2 Å². The molecule has 1 aliphatic rings. The Hall–Kier alpha value is -3.44. The molecule has 0 atom stereocenters. The number of nitrogens with zero attached hydrogens (tertiary/aromatic N) is 3. The first kappa shape index (κ1) is 20.8. The zero-order valence-corrected chi connectivity index (χ0v) is 17.6. The van der Waals surface area contributed by atoms with Crippen molar-refractivity contribution < 1.29 is 23.5 Å². The molecule has 3 heterocycles. The van der Waals surface area contributed by atoms with E-state index in [2.05, 4.69) is 20.8 Å². The smallest absolute Gasteiger partial charge is 0.325 e. The normalized spacial score (nSPS) is 12.2. The summed E-state index contributed by atoms with van der Waals surface area (Å²) in [7, 11) is 0. The molecular weight excluding hydrogens is 422 g/mol. The number of aromatic nitrogens is 2. The van der Waals surface area contributed by atoms with Gasteiger partial charge in [-0.15, -0.1) is 21.5 Å². The van der Waals surface area contributed by atoms with Crippen molar-refractivity contribution in [1.29, 1.82) is 0 Å². The molecule has 0 radical (unpaired) electrons. The van der Waals surface area contributed by atoms with Crippen molar-refractivity contribution in [1.82, 2.24) is 20.4 Å². The standard InChI is InChI=1S/C20H21N5O5S/c1-2-7-25(11-18-23-24-19(30-18)16-4-3-8-31-16)10-17(26)22-20(27)21-13-5-6-14-15(9-13)29-12-28-14/h3-6,8-9H,2,7,10-12H2,1H3,(H2,21,22,26,27). The highest BCUT2D eigenvalue weighted by Gasteiger charge is 2.18. The van der Waals surface area contributed by atoms with E-state index in [-0.39, 0.29) is 13.3 Å². The number of rotatable bonds is 8. The van der Waals surface area contributed by atoms with Gasteiger partial charge in [0.1, 0.15) is 0 Å². The lowest BCUT2D eigenvalue weighted by Gasteiger charge is -2.18. The van der Waals surface area contributed by atoms with E-state index < -0.39 is 11.9 Å². The van der Waals surface area contributed by atoms with Crippen molar-refractivity contribution in [2.75, 3.05) is 25.2 Å². The Morgan fingerprint density at radius 1 is 1.19 bits per heavy atom. The largest absolute Gasteiger partial charge is 0.454 e. The minimum absolute atomic E-state index is 0.0130. The second kappa shape index (κ2) is 9.58. The monoisotopic (exact) mass is 443 g/mol. The molecule has 0 aliphatic carbocycles. The van der Waals surface area contributed by atoms with E-state index in [1.165, 1.54) is 11.3 Å². The van der Waals surface area contributed by atoms with E-state index in [1.807, 2.05) is 29.3 Å². The minimum atomic E-state index is -0.627. The molecule has 1 aliphatic heterocycles. The van der Waals surface area contributed by atoms with Gasteiger partial charge in [-0.05, 0) is 36.5 Å². The quantitative estimate of drug-likeness (QED) is 0.545. The van der Waals surface area contributed by atoms with Crippen LogP contribution in [-0.2, 0) is 11.3 Å². The topological polar surface area (TPSA) is 119 Å².